The van der Waals surface area contributed by atoms with Crippen LogP contribution in [0.4, 0.5) is 5.69 Å². The number of H-pyrrole nitrogens is 1. The highest BCUT2D eigenvalue weighted by molar-refractivity contribution is 7.82. The molecule has 0 spiro atoms. The molecule has 4 aliphatic heterocycles. The van der Waals surface area contributed by atoms with Crippen molar-refractivity contribution in [2.45, 2.75) is 87.4 Å². The van der Waals surface area contributed by atoms with E-state index in [1.165, 1.54) is 59.0 Å². The quantitative estimate of drug-likeness (QED) is 0.0109. The summed E-state index contributed by atoms with van der Waals surface area (Å²) >= 11 is 6.62. The van der Waals surface area contributed by atoms with Crippen molar-refractivity contribution >= 4 is 78.7 Å². The fourth-order valence-corrected chi connectivity index (χ4v) is 11.5. The van der Waals surface area contributed by atoms with Crippen molar-refractivity contribution in [3.63, 3.8) is 0 Å². The number of likely N-dealkylation sites (N-methyl/N-ethyl adjacent to an activating group) is 1. The Kier molecular flexibility index (Phi) is 20.5. The van der Waals surface area contributed by atoms with E-state index in [0.29, 0.717) is 38.9 Å². The fourth-order valence-electron chi connectivity index (χ4n) is 10.5. The van der Waals surface area contributed by atoms with Crippen LogP contribution in [-0.4, -0.2) is 243 Å². The molecule has 4 amide bonds. The first kappa shape index (κ1) is 66.0. The van der Waals surface area contributed by atoms with Gasteiger partial charge in [-0.2, -0.15) is 0 Å². The van der Waals surface area contributed by atoms with Crippen LogP contribution >= 0.6 is 11.6 Å². The number of hydrogen-bond donors (Lipinski definition) is 9. The molecular formula is C58H65ClN8O23S. The number of carbonyl (C=O) groups excluding carboxylic acids is 4. The predicted octanol–water partition coefficient (Wildman–Crippen LogP) is -0.444. The van der Waals surface area contributed by atoms with E-state index < -0.39 is 126 Å². The molecule has 2 saturated heterocycles. The van der Waals surface area contributed by atoms with Gasteiger partial charge in [-0.1, -0.05) is 16.4 Å². The number of aliphatic hydroxyl groups is 8. The second-order valence-corrected chi connectivity index (χ2v) is 23.0. The van der Waals surface area contributed by atoms with Crippen LogP contribution in [0, 0.1) is 0 Å². The lowest BCUT2D eigenvalue weighted by molar-refractivity contribution is -0.301. The Morgan fingerprint density at radius 2 is 1.46 bits per heavy atom. The number of nitrogens with zero attached hydrogens (tertiary/aromatic N) is 7. The Hall–Kier alpha value is -7.93. The number of fused-ring (bicyclic) bond motifs is 4. The molecule has 6 aromatic rings. The van der Waals surface area contributed by atoms with Crippen molar-refractivity contribution in [2.75, 3.05) is 77.6 Å². The number of benzene rings is 4. The van der Waals surface area contributed by atoms with Crippen molar-refractivity contribution in [3.05, 3.63) is 113 Å². The van der Waals surface area contributed by atoms with Crippen LogP contribution in [0.15, 0.2) is 90.2 Å². The fraction of sp³-hybridized carbons (Fsp3) is 0.431. The van der Waals surface area contributed by atoms with Gasteiger partial charge in [0.15, 0.2) is 17.2 Å². The SMILES string of the molecule is COc1ccc2c(OS(=O)(=O)Oc3cc(C(=O)N(C)CCOCCn4cc(COCCN5C(=O)C=CC5=O)nn4)ccc3O[C@@H]3O[C@H](CO)[C@H](O)[C@H](O)[C@H]3O)cc3c(c2c1)[C@H](CCl)CN3C(=O)c1cc2cc(/C(C)=N/OC3OC(CO)[C@H](O)[C@H](O)[C@H]3O)ccc2[nH]1. The molecule has 6 heterocycles. The molecule has 0 bridgehead atoms. The van der Waals surface area contributed by atoms with Crippen molar-refractivity contribution in [2.24, 2.45) is 5.16 Å². The second kappa shape index (κ2) is 28.3. The molecule has 2 aromatic heterocycles. The van der Waals surface area contributed by atoms with Crippen molar-refractivity contribution in [1.29, 1.82) is 0 Å². The van der Waals surface area contributed by atoms with Gasteiger partial charge in [0.1, 0.15) is 66.0 Å². The van der Waals surface area contributed by atoms with Crippen molar-refractivity contribution in [1.82, 2.24) is 29.8 Å². The number of aromatic amines is 1. The smallest absolute Gasteiger partial charge is 0.497 e. The number of aromatic nitrogens is 4. The van der Waals surface area contributed by atoms with Crippen LogP contribution in [0.2, 0.25) is 0 Å². The van der Waals surface area contributed by atoms with Gasteiger partial charge in [-0.3, -0.25) is 24.1 Å². The minimum atomic E-state index is -5.34. The lowest BCUT2D eigenvalue weighted by atomic mass is 9.95. The minimum absolute atomic E-state index is 0.0127. The predicted molar refractivity (Wildman–Crippen MR) is 315 cm³/mol. The second-order valence-electron chi connectivity index (χ2n) is 21.5. The van der Waals surface area contributed by atoms with Gasteiger partial charge < -0.3 is 97.3 Å². The van der Waals surface area contributed by atoms with Gasteiger partial charge in [0.05, 0.1) is 77.4 Å². The molecule has 9 N–H and O–H groups in total. The van der Waals surface area contributed by atoms with E-state index in [1.807, 2.05) is 0 Å². The number of rotatable bonds is 26. The Morgan fingerprint density at radius 1 is 0.780 bits per heavy atom. The van der Waals surface area contributed by atoms with Crippen molar-refractivity contribution < 1.29 is 110 Å². The Bertz CT molecular complexity index is 3830. The van der Waals surface area contributed by atoms with Gasteiger partial charge in [-0.05, 0) is 78.0 Å². The van der Waals surface area contributed by atoms with Crippen LogP contribution < -0.4 is 22.7 Å². The number of anilines is 1. The molecule has 91 heavy (non-hydrogen) atoms. The zero-order valence-electron chi connectivity index (χ0n) is 48.8. The molecule has 4 aliphatic rings. The van der Waals surface area contributed by atoms with Crippen LogP contribution in [-0.2, 0) is 56.9 Å². The normalized spacial score (nSPS) is 24.3. The number of carbonyl (C=O) groups is 4. The van der Waals surface area contributed by atoms with Gasteiger partial charge in [-0.15, -0.1) is 25.1 Å². The number of hydrogen-bond acceptors (Lipinski definition) is 26. The summed E-state index contributed by atoms with van der Waals surface area (Å²) in [7, 11) is -2.45. The summed E-state index contributed by atoms with van der Waals surface area (Å²) in [4.78, 5) is 64.5. The number of ether oxygens (including phenoxy) is 6. The van der Waals surface area contributed by atoms with E-state index in [0.717, 1.165) is 17.0 Å². The monoisotopic (exact) mass is 1310 g/mol. The first-order valence-corrected chi connectivity index (χ1v) is 30.2. The summed E-state index contributed by atoms with van der Waals surface area (Å²) in [6, 6.07) is 16.1. The van der Waals surface area contributed by atoms with Crippen LogP contribution in [0.3, 0.4) is 0 Å². The molecule has 31 nitrogen and oxygen atoms in total. The molecule has 10 rings (SSSR count). The Labute approximate surface area is 522 Å². The molecule has 0 radical (unpaired) electrons. The lowest BCUT2D eigenvalue weighted by Gasteiger charge is -2.39. The third kappa shape index (κ3) is 14.4. The lowest BCUT2D eigenvalue weighted by Crippen LogP contribution is -2.60. The van der Waals surface area contributed by atoms with E-state index >= 15 is 0 Å². The average Bonchev–Trinajstić information content (AvgIpc) is 1.64. The van der Waals surface area contributed by atoms with Crippen LogP contribution in [0.25, 0.3) is 21.7 Å². The third-order valence-electron chi connectivity index (χ3n) is 15.5. The van der Waals surface area contributed by atoms with E-state index in [-0.39, 0.29) is 92.3 Å². The number of halogens is 1. The number of aliphatic hydroxyl groups excluding tert-OH is 8. The molecule has 11 atom stereocenters. The number of methoxy groups -OCH3 is 1. The maximum absolute atomic E-state index is 14.8. The number of alkyl halides is 1. The van der Waals surface area contributed by atoms with E-state index in [4.69, 9.17) is 53.2 Å². The van der Waals surface area contributed by atoms with E-state index in [9.17, 15) is 68.4 Å². The summed E-state index contributed by atoms with van der Waals surface area (Å²) in [6.45, 7) is 0.851. The van der Waals surface area contributed by atoms with Gasteiger partial charge in [0.25, 0.3) is 29.9 Å². The number of imide groups is 1. The molecule has 33 heteroatoms. The Morgan fingerprint density at radius 3 is 2.16 bits per heavy atom. The van der Waals surface area contributed by atoms with E-state index in [1.54, 1.807) is 49.5 Å². The summed E-state index contributed by atoms with van der Waals surface area (Å²) in [5.74, 6) is -3.68. The first-order valence-electron chi connectivity index (χ1n) is 28.4. The number of amides is 4. The van der Waals surface area contributed by atoms with Crippen LogP contribution in [0.5, 0.6) is 23.0 Å². The molecule has 0 aliphatic carbocycles. The van der Waals surface area contributed by atoms with Crippen LogP contribution in [0.1, 0.15) is 50.5 Å². The van der Waals surface area contributed by atoms with Gasteiger partial charge in [0.2, 0.25) is 6.29 Å². The minimum Gasteiger partial charge on any atom is -0.497 e. The summed E-state index contributed by atoms with van der Waals surface area (Å²) < 4.78 is 75.5. The third-order valence-corrected chi connectivity index (χ3v) is 16.7. The largest absolute Gasteiger partial charge is 0.501 e. The number of oxime groups is 1. The zero-order valence-corrected chi connectivity index (χ0v) is 50.4. The molecule has 4 aromatic carbocycles. The maximum atomic E-state index is 14.8. The Balaban J connectivity index is 0.860. The summed E-state index contributed by atoms with van der Waals surface area (Å²) in [5.41, 5.74) is 2.54. The topological polar surface area (TPSA) is 416 Å². The molecule has 0 saturated carbocycles. The van der Waals surface area contributed by atoms with Gasteiger partial charge >= 0.3 is 10.4 Å². The highest BCUT2D eigenvalue weighted by Gasteiger charge is 2.47. The average molecular weight is 1310 g/mol. The maximum Gasteiger partial charge on any atom is 0.501 e. The number of nitrogens with one attached hydrogen (secondary N) is 1. The highest BCUT2D eigenvalue weighted by atomic mass is 35.5. The zero-order chi connectivity index (χ0) is 65.0. The summed E-state index contributed by atoms with van der Waals surface area (Å²) in [5, 5.41) is 95.5. The standard InChI is InChI=1S/C58H65ClN8O23S/c1-29(62-88-58-54(77)52(75)50(73)45(27-69)87-58)30-4-8-38-32(18-30)19-39(60-38)56(79)67-24-33(23-59)48-37-21-35(82-3)6-7-36(37)42(22-40(48)67)89-91(80,81)90-43-20-31(5-9-41(43)85-57-53(76)51(74)49(72)44(26-68)86-57)55(78)64(2)12-15-83-16-13-65-25-34(61-63-65)28-84-17-14-66-46(70)10-11-47(66)71/h4-11,18-22,25,33,44-45,49-54,57-58,60,68-69,72-77H,12-17,23-24,26-28H2,1-3H3/b62-29+/t33-,44-,45?,49+,50+,51+,52+,53-,54-,57-,58?/m1/s1. The first-order chi connectivity index (χ1) is 43.6. The highest BCUT2D eigenvalue weighted by Crippen LogP contribution is 2.48. The van der Waals surface area contributed by atoms with Gasteiger partial charge in [-0.25, -0.2) is 4.68 Å². The molecule has 2 unspecified atom stereocenters. The summed E-state index contributed by atoms with van der Waals surface area (Å²) in [6.07, 6.45) is -12.6. The van der Waals surface area contributed by atoms with E-state index in [2.05, 4.69) is 20.5 Å². The van der Waals surface area contributed by atoms with Gasteiger partial charge in [0, 0.05) is 72.0 Å². The molecular weight excluding hydrogens is 1240 g/mol. The molecule has 488 valence electrons. The van der Waals surface area contributed by atoms with Crippen molar-refractivity contribution in [3.8, 4) is 23.0 Å². The molecule has 2 fully saturated rings.